The summed E-state index contributed by atoms with van der Waals surface area (Å²) in [4.78, 5) is 14.1. The fraction of sp³-hybridized carbons (Fsp3) is 0.300. The van der Waals surface area contributed by atoms with Crippen molar-refractivity contribution < 1.29 is 9.18 Å². The van der Waals surface area contributed by atoms with Crippen molar-refractivity contribution >= 4 is 11.7 Å². The number of rotatable bonds is 1. The van der Waals surface area contributed by atoms with E-state index in [1.807, 2.05) is 0 Å². The summed E-state index contributed by atoms with van der Waals surface area (Å²) in [6.07, 6.45) is 0. The van der Waals surface area contributed by atoms with Crippen LogP contribution < -0.4 is 4.90 Å². The van der Waals surface area contributed by atoms with Crippen molar-refractivity contribution in [2.45, 2.75) is 0 Å². The van der Waals surface area contributed by atoms with Gasteiger partial charge < -0.3 is 4.90 Å². The van der Waals surface area contributed by atoms with E-state index in [1.54, 1.807) is 39.3 Å². The summed E-state index contributed by atoms with van der Waals surface area (Å²) in [7, 11) is 4.79. The predicted octanol–water partition coefficient (Wildman–Crippen LogP) is 1.94. The van der Waals surface area contributed by atoms with Crippen molar-refractivity contribution in [3.63, 3.8) is 0 Å². The van der Waals surface area contributed by atoms with E-state index in [0.29, 0.717) is 0 Å². The Hall–Kier alpha value is -1.58. The van der Waals surface area contributed by atoms with Crippen molar-refractivity contribution in [1.82, 2.24) is 4.90 Å². The van der Waals surface area contributed by atoms with E-state index < -0.39 is 5.82 Å². The van der Waals surface area contributed by atoms with Gasteiger partial charge in [-0.1, -0.05) is 12.1 Å². The van der Waals surface area contributed by atoms with Crippen LogP contribution >= 0.6 is 0 Å². The Bertz CT molecular complexity index is 339. The van der Waals surface area contributed by atoms with Gasteiger partial charge in [0.05, 0.1) is 5.69 Å². The molecule has 3 nitrogen and oxygen atoms in total. The smallest absolute Gasteiger partial charge is 0.323 e. The minimum absolute atomic E-state index is 0.255. The molecule has 0 unspecified atom stereocenters. The predicted molar refractivity (Wildman–Crippen MR) is 53.9 cm³/mol. The van der Waals surface area contributed by atoms with Gasteiger partial charge in [0.25, 0.3) is 0 Å². The van der Waals surface area contributed by atoms with Gasteiger partial charge in [-0.2, -0.15) is 0 Å². The van der Waals surface area contributed by atoms with E-state index in [9.17, 15) is 9.18 Å². The largest absolute Gasteiger partial charge is 0.330 e. The van der Waals surface area contributed by atoms with Crippen molar-refractivity contribution in [1.29, 1.82) is 0 Å². The van der Waals surface area contributed by atoms with Gasteiger partial charge in [0.2, 0.25) is 0 Å². The maximum atomic E-state index is 13.3. The number of urea groups is 1. The molecule has 0 N–H and O–H groups in total. The number of carbonyl (C=O) groups is 1. The third-order valence-electron chi connectivity index (χ3n) is 1.88. The average molecular weight is 196 g/mol. The van der Waals surface area contributed by atoms with Crippen LogP contribution in [0.15, 0.2) is 24.3 Å². The van der Waals surface area contributed by atoms with Crippen molar-refractivity contribution in [2.75, 3.05) is 26.0 Å². The zero-order chi connectivity index (χ0) is 10.7. The first kappa shape index (κ1) is 10.5. The topological polar surface area (TPSA) is 23.6 Å². The molecule has 76 valence electrons. The zero-order valence-corrected chi connectivity index (χ0v) is 8.49. The summed E-state index contributed by atoms with van der Waals surface area (Å²) in [5.41, 5.74) is 0.284. The van der Waals surface area contributed by atoms with Gasteiger partial charge >= 0.3 is 6.03 Å². The summed E-state index contributed by atoms with van der Waals surface area (Å²) < 4.78 is 13.3. The van der Waals surface area contributed by atoms with Crippen LogP contribution in [-0.2, 0) is 0 Å². The SMILES string of the molecule is CN(C)C(=O)N(C)c1ccccc1F. The number of nitrogens with zero attached hydrogens (tertiary/aromatic N) is 2. The Morgan fingerprint density at radius 2 is 1.79 bits per heavy atom. The Kier molecular flexibility index (Phi) is 3.06. The van der Waals surface area contributed by atoms with Crippen LogP contribution in [0.25, 0.3) is 0 Å². The molecule has 0 saturated carbocycles. The van der Waals surface area contributed by atoms with Crippen LogP contribution in [0.4, 0.5) is 14.9 Å². The van der Waals surface area contributed by atoms with Crippen molar-refractivity contribution in [3.8, 4) is 0 Å². The van der Waals surface area contributed by atoms with Gasteiger partial charge in [-0.25, -0.2) is 9.18 Å². The van der Waals surface area contributed by atoms with Gasteiger partial charge in [0, 0.05) is 21.1 Å². The molecule has 2 amide bonds. The lowest BCUT2D eigenvalue weighted by Crippen LogP contribution is -2.36. The van der Waals surface area contributed by atoms with Crippen LogP contribution in [0.5, 0.6) is 0 Å². The molecule has 0 spiro atoms. The van der Waals surface area contributed by atoms with E-state index in [-0.39, 0.29) is 11.7 Å². The molecule has 0 atom stereocenters. The third-order valence-corrected chi connectivity index (χ3v) is 1.88. The number of para-hydroxylation sites is 1. The molecule has 0 saturated heterocycles. The summed E-state index contributed by atoms with van der Waals surface area (Å²) in [5, 5.41) is 0. The number of benzene rings is 1. The minimum Gasteiger partial charge on any atom is -0.330 e. The lowest BCUT2D eigenvalue weighted by Gasteiger charge is -2.21. The second-order valence-corrected chi connectivity index (χ2v) is 3.19. The molecule has 0 aliphatic carbocycles. The fourth-order valence-corrected chi connectivity index (χ4v) is 1.13. The van der Waals surface area contributed by atoms with Gasteiger partial charge in [-0.3, -0.25) is 4.90 Å². The fourth-order valence-electron chi connectivity index (χ4n) is 1.13. The molecular weight excluding hydrogens is 183 g/mol. The molecule has 4 heteroatoms. The molecule has 0 aliphatic heterocycles. The van der Waals surface area contributed by atoms with Crippen LogP contribution in [0.2, 0.25) is 0 Å². The van der Waals surface area contributed by atoms with Crippen LogP contribution in [0, 0.1) is 5.82 Å². The number of anilines is 1. The molecule has 0 heterocycles. The zero-order valence-electron chi connectivity index (χ0n) is 8.49. The lowest BCUT2D eigenvalue weighted by molar-refractivity contribution is 0.225. The van der Waals surface area contributed by atoms with Gasteiger partial charge in [0.15, 0.2) is 0 Å². The molecule has 1 rings (SSSR count). The Morgan fingerprint density at radius 1 is 1.21 bits per heavy atom. The molecule has 0 bridgehead atoms. The number of amides is 2. The standard InChI is InChI=1S/C10H13FN2O/c1-12(2)10(14)13(3)9-7-5-4-6-8(9)11/h4-7H,1-3H3. The molecule has 0 aromatic heterocycles. The Morgan fingerprint density at radius 3 is 2.29 bits per heavy atom. The first-order valence-electron chi connectivity index (χ1n) is 4.23. The average Bonchev–Trinajstić information content (AvgIpc) is 2.16. The van der Waals surface area contributed by atoms with E-state index in [0.717, 1.165) is 0 Å². The molecular formula is C10H13FN2O. The molecule has 1 aromatic carbocycles. The van der Waals surface area contributed by atoms with E-state index in [4.69, 9.17) is 0 Å². The first-order valence-corrected chi connectivity index (χ1v) is 4.23. The van der Waals surface area contributed by atoms with Gasteiger partial charge in [-0.05, 0) is 12.1 Å². The second kappa shape index (κ2) is 4.09. The van der Waals surface area contributed by atoms with Crippen LogP contribution in [0.1, 0.15) is 0 Å². The van der Waals surface area contributed by atoms with Crippen molar-refractivity contribution in [3.05, 3.63) is 30.1 Å². The minimum atomic E-state index is -0.398. The second-order valence-electron chi connectivity index (χ2n) is 3.19. The van der Waals surface area contributed by atoms with Crippen LogP contribution in [0.3, 0.4) is 0 Å². The number of hydrogen-bond donors (Lipinski definition) is 0. The molecule has 0 fully saturated rings. The van der Waals surface area contributed by atoms with E-state index in [2.05, 4.69) is 0 Å². The highest BCUT2D eigenvalue weighted by Gasteiger charge is 2.15. The highest BCUT2D eigenvalue weighted by atomic mass is 19.1. The summed E-state index contributed by atoms with van der Waals surface area (Å²) in [6, 6.07) is 5.92. The maximum Gasteiger partial charge on any atom is 0.323 e. The third kappa shape index (κ3) is 2.02. The quantitative estimate of drug-likeness (QED) is 0.673. The van der Waals surface area contributed by atoms with E-state index >= 15 is 0 Å². The summed E-state index contributed by atoms with van der Waals surface area (Å²) in [5.74, 6) is -0.398. The highest BCUT2D eigenvalue weighted by molar-refractivity contribution is 5.91. The van der Waals surface area contributed by atoms with Gasteiger partial charge in [0.1, 0.15) is 5.82 Å². The monoisotopic (exact) mass is 196 g/mol. The van der Waals surface area contributed by atoms with Crippen LogP contribution in [-0.4, -0.2) is 32.1 Å². The lowest BCUT2D eigenvalue weighted by atomic mass is 10.3. The van der Waals surface area contributed by atoms with Gasteiger partial charge in [-0.15, -0.1) is 0 Å². The summed E-state index contributed by atoms with van der Waals surface area (Å²) >= 11 is 0. The van der Waals surface area contributed by atoms with E-state index in [1.165, 1.54) is 15.9 Å². The molecule has 0 aliphatic rings. The molecule has 14 heavy (non-hydrogen) atoms. The normalized spacial score (nSPS) is 9.71. The number of halogens is 1. The molecule has 0 radical (unpaired) electrons. The maximum absolute atomic E-state index is 13.3. The highest BCUT2D eigenvalue weighted by Crippen LogP contribution is 2.17. The summed E-state index contributed by atoms with van der Waals surface area (Å²) in [6.45, 7) is 0. The number of carbonyl (C=O) groups excluding carboxylic acids is 1. The van der Waals surface area contributed by atoms with Crippen molar-refractivity contribution in [2.24, 2.45) is 0 Å². The number of hydrogen-bond acceptors (Lipinski definition) is 1. The first-order chi connectivity index (χ1) is 6.54. The Balaban J connectivity index is 2.95. The molecule has 1 aromatic rings. The Labute approximate surface area is 82.7 Å².